The first-order valence-corrected chi connectivity index (χ1v) is 13.7. The molecule has 0 fully saturated rings. The van der Waals surface area contributed by atoms with Crippen molar-refractivity contribution in [2.45, 2.75) is 103 Å². The van der Waals surface area contributed by atoms with Crippen molar-refractivity contribution in [3.63, 3.8) is 0 Å². The van der Waals surface area contributed by atoms with Crippen molar-refractivity contribution >= 4 is 13.8 Å². The molecule has 0 amide bonds. The normalized spacial score (nSPS) is 14.5. The number of hydrogen-bond donors (Lipinski definition) is 3. The summed E-state index contributed by atoms with van der Waals surface area (Å²) in [5, 5.41) is 9.21. The van der Waals surface area contributed by atoms with Gasteiger partial charge in [-0.25, -0.2) is 4.57 Å². The highest BCUT2D eigenvalue weighted by Crippen LogP contribution is 2.44. The van der Waals surface area contributed by atoms with Gasteiger partial charge in [-0.2, -0.15) is 0 Å². The van der Waals surface area contributed by atoms with Crippen LogP contribution in [0.1, 0.15) is 96.8 Å². The molecule has 0 aromatic rings. The van der Waals surface area contributed by atoms with Gasteiger partial charge in [0, 0.05) is 13.0 Å². The van der Waals surface area contributed by atoms with Gasteiger partial charge in [0.25, 0.3) is 0 Å². The number of esters is 1. The molecule has 9 heteroatoms. The monoisotopic (exact) mass is 479 g/mol. The fourth-order valence-electron chi connectivity index (χ4n) is 3.10. The minimum Gasteiger partial charge on any atom is -0.463 e. The number of carbonyl (C=O) groups is 1. The molecule has 0 aliphatic carbocycles. The molecule has 0 aliphatic heterocycles. The molecule has 32 heavy (non-hydrogen) atoms. The van der Waals surface area contributed by atoms with Crippen LogP contribution in [0.15, 0.2) is 12.2 Å². The Morgan fingerprint density at radius 2 is 1.53 bits per heavy atom. The van der Waals surface area contributed by atoms with E-state index in [1.807, 2.05) is 0 Å². The van der Waals surface area contributed by atoms with E-state index in [0.717, 1.165) is 32.1 Å². The number of hydrogen-bond acceptors (Lipinski definition) is 7. The van der Waals surface area contributed by atoms with Gasteiger partial charge in [-0.05, 0) is 32.1 Å². The fraction of sp³-hybridized carbons (Fsp3) is 0.870. The van der Waals surface area contributed by atoms with Crippen molar-refractivity contribution in [3.8, 4) is 0 Å². The Labute approximate surface area is 194 Å². The van der Waals surface area contributed by atoms with Gasteiger partial charge in [0.1, 0.15) is 12.7 Å². The minimum absolute atomic E-state index is 0.0582. The van der Waals surface area contributed by atoms with Crippen LogP contribution in [0, 0.1) is 0 Å². The lowest BCUT2D eigenvalue weighted by Crippen LogP contribution is -2.25. The molecule has 1 unspecified atom stereocenters. The molecule has 0 aromatic carbocycles. The molecular formula is C23H46NO7P. The average Bonchev–Trinajstić information content (AvgIpc) is 2.77. The number of phosphoric ester groups is 1. The van der Waals surface area contributed by atoms with Crippen LogP contribution < -0.4 is 5.73 Å². The quantitative estimate of drug-likeness (QED) is 0.0806. The van der Waals surface area contributed by atoms with E-state index in [2.05, 4.69) is 23.6 Å². The first-order valence-electron chi connectivity index (χ1n) is 12.2. The Morgan fingerprint density at radius 3 is 2.09 bits per heavy atom. The van der Waals surface area contributed by atoms with Crippen molar-refractivity contribution in [1.82, 2.24) is 0 Å². The molecule has 0 heterocycles. The predicted molar refractivity (Wildman–Crippen MR) is 127 cm³/mol. The molecule has 0 radical (unpaired) electrons. The Bertz CT molecular complexity index is 517. The summed E-state index contributed by atoms with van der Waals surface area (Å²) >= 11 is 0. The molecule has 0 aromatic heterocycles. The molecule has 2 atom stereocenters. The molecule has 0 spiro atoms. The van der Waals surface area contributed by atoms with Crippen LogP contribution in [-0.2, 0) is 23.1 Å². The van der Waals surface area contributed by atoms with Gasteiger partial charge in [0.2, 0.25) is 0 Å². The second-order valence-electron chi connectivity index (χ2n) is 8.02. The third kappa shape index (κ3) is 21.1. The maximum Gasteiger partial charge on any atom is 0.472 e. The summed E-state index contributed by atoms with van der Waals surface area (Å²) in [6.45, 7) is 1.27. The Hall–Kier alpha value is -0.760. The molecule has 0 rings (SSSR count). The van der Waals surface area contributed by atoms with E-state index >= 15 is 0 Å². The first kappa shape index (κ1) is 31.2. The SMILES string of the molecule is CCCCCCCC/C=C\CCCCCCCC(=O)OC[C@H](CO)OP(=O)(O)OCCN. The van der Waals surface area contributed by atoms with Crippen LogP contribution in [-0.4, -0.2) is 48.4 Å². The summed E-state index contributed by atoms with van der Waals surface area (Å²) in [7, 11) is -4.33. The van der Waals surface area contributed by atoms with Gasteiger partial charge in [-0.15, -0.1) is 0 Å². The fourth-order valence-corrected chi connectivity index (χ4v) is 4.00. The molecule has 0 saturated carbocycles. The smallest absolute Gasteiger partial charge is 0.463 e. The molecule has 190 valence electrons. The highest BCUT2D eigenvalue weighted by atomic mass is 31.2. The van der Waals surface area contributed by atoms with E-state index in [0.29, 0.717) is 0 Å². The van der Waals surface area contributed by atoms with Gasteiger partial charge < -0.3 is 20.5 Å². The topological polar surface area (TPSA) is 128 Å². The van der Waals surface area contributed by atoms with E-state index in [4.69, 9.17) is 15.0 Å². The van der Waals surface area contributed by atoms with Crippen LogP contribution in [0.3, 0.4) is 0 Å². The molecule has 8 nitrogen and oxygen atoms in total. The second kappa shape index (κ2) is 22.1. The largest absolute Gasteiger partial charge is 0.472 e. The van der Waals surface area contributed by atoms with Gasteiger partial charge in [-0.3, -0.25) is 13.8 Å². The van der Waals surface area contributed by atoms with Crippen LogP contribution in [0.4, 0.5) is 0 Å². The Kier molecular flexibility index (Phi) is 21.5. The molecule has 0 saturated heterocycles. The summed E-state index contributed by atoms with van der Waals surface area (Å²) in [5.41, 5.74) is 5.19. The van der Waals surface area contributed by atoms with Crippen molar-refractivity contribution in [2.75, 3.05) is 26.4 Å². The maximum absolute atomic E-state index is 11.8. The number of carbonyl (C=O) groups excluding carboxylic acids is 1. The van der Waals surface area contributed by atoms with Gasteiger partial charge in [-0.1, -0.05) is 70.4 Å². The number of aliphatic hydroxyl groups is 1. The summed E-state index contributed by atoms with van der Waals surface area (Å²) in [5.74, 6) is -0.416. The number of rotatable bonds is 23. The summed E-state index contributed by atoms with van der Waals surface area (Å²) in [4.78, 5) is 21.3. The van der Waals surface area contributed by atoms with Crippen LogP contribution in [0.25, 0.3) is 0 Å². The summed E-state index contributed by atoms with van der Waals surface area (Å²) in [6, 6.07) is 0. The lowest BCUT2D eigenvalue weighted by atomic mass is 10.1. The van der Waals surface area contributed by atoms with E-state index < -0.39 is 26.5 Å². The zero-order valence-corrected chi connectivity index (χ0v) is 20.8. The van der Waals surface area contributed by atoms with E-state index in [-0.39, 0.29) is 26.2 Å². The highest BCUT2D eigenvalue weighted by Gasteiger charge is 2.27. The van der Waals surface area contributed by atoms with Crippen molar-refractivity contribution in [2.24, 2.45) is 5.73 Å². The second-order valence-corrected chi connectivity index (χ2v) is 9.42. The van der Waals surface area contributed by atoms with E-state index in [9.17, 15) is 19.4 Å². The van der Waals surface area contributed by atoms with E-state index in [1.165, 1.54) is 51.4 Å². The third-order valence-electron chi connectivity index (χ3n) is 4.93. The van der Waals surface area contributed by atoms with Crippen LogP contribution in [0.5, 0.6) is 0 Å². The number of phosphoric acid groups is 1. The first-order chi connectivity index (χ1) is 15.4. The van der Waals surface area contributed by atoms with Crippen molar-refractivity contribution in [1.29, 1.82) is 0 Å². The van der Waals surface area contributed by atoms with E-state index in [1.54, 1.807) is 0 Å². The van der Waals surface area contributed by atoms with Crippen molar-refractivity contribution < 1.29 is 33.1 Å². The number of nitrogens with two attached hydrogens (primary N) is 1. The summed E-state index contributed by atoms with van der Waals surface area (Å²) < 4.78 is 26.0. The number of aliphatic hydroxyl groups excluding tert-OH is 1. The molecule has 4 N–H and O–H groups in total. The zero-order valence-electron chi connectivity index (χ0n) is 19.9. The zero-order chi connectivity index (χ0) is 23.9. The molecule has 0 bridgehead atoms. The van der Waals surface area contributed by atoms with Gasteiger partial charge >= 0.3 is 13.8 Å². The van der Waals surface area contributed by atoms with Gasteiger partial charge in [0.15, 0.2) is 0 Å². The average molecular weight is 480 g/mol. The Balaban J connectivity index is 3.61. The minimum atomic E-state index is -4.33. The summed E-state index contributed by atoms with van der Waals surface area (Å²) in [6.07, 6.45) is 19.1. The number of allylic oxidation sites excluding steroid dienone is 2. The molecule has 0 aliphatic rings. The van der Waals surface area contributed by atoms with Crippen LogP contribution in [0.2, 0.25) is 0 Å². The Morgan fingerprint density at radius 1 is 0.969 bits per heavy atom. The molecular weight excluding hydrogens is 433 g/mol. The highest BCUT2D eigenvalue weighted by molar-refractivity contribution is 7.47. The predicted octanol–water partition coefficient (Wildman–Crippen LogP) is 5.02. The third-order valence-corrected chi connectivity index (χ3v) is 6.00. The number of unbranched alkanes of at least 4 members (excludes halogenated alkanes) is 11. The van der Waals surface area contributed by atoms with Crippen LogP contribution >= 0.6 is 7.82 Å². The van der Waals surface area contributed by atoms with Gasteiger partial charge in [0.05, 0.1) is 13.2 Å². The van der Waals surface area contributed by atoms with Crippen molar-refractivity contribution in [3.05, 3.63) is 12.2 Å². The maximum atomic E-state index is 11.8. The number of ether oxygens (including phenoxy) is 1. The standard InChI is InChI=1S/C23H46NO7P/c1-2-3-4-5-6-7-8-9-10-11-12-13-14-15-16-17-23(26)29-21-22(20-25)31-32(27,28)30-19-18-24/h9-10,22,25H,2-8,11-21,24H2,1H3,(H,27,28)/b10-9-/t22-/m0/s1. The lowest BCUT2D eigenvalue weighted by Gasteiger charge is -2.18. The lowest BCUT2D eigenvalue weighted by molar-refractivity contribution is -0.147.